The minimum atomic E-state index is 0.659. The molecule has 0 atom stereocenters. The Morgan fingerprint density at radius 2 is 1.60 bits per heavy atom. The number of nitrogens with zero attached hydrogens (tertiary/aromatic N) is 3. The zero-order chi connectivity index (χ0) is 10.7. The van der Waals surface area contributed by atoms with Crippen molar-refractivity contribution in [1.82, 2.24) is 9.97 Å². The predicted molar refractivity (Wildman–Crippen MR) is 56.9 cm³/mol. The summed E-state index contributed by atoms with van der Waals surface area (Å²) in [6.07, 6.45) is 3.56. The number of rotatable bonds is 1. The number of hydrogen-bond acceptors (Lipinski definition) is 3. The fraction of sp³-hybridized carbons (Fsp3) is 0.0833. The molecular formula is C12H9N3. The summed E-state index contributed by atoms with van der Waals surface area (Å²) in [4.78, 5) is 8.24. The molecule has 2 aromatic rings. The molecule has 1 aromatic carbocycles. The molecule has 72 valence electrons. The van der Waals surface area contributed by atoms with Crippen molar-refractivity contribution in [3.05, 3.63) is 48.0 Å². The standard InChI is InChI=1S/C12H9N3/c1-9-14-7-12(8-15-9)11-4-2-10(6-13)3-5-11/h2-5,7-8H,1H3. The normalized spacial score (nSPS) is 9.60. The van der Waals surface area contributed by atoms with Gasteiger partial charge in [-0.25, -0.2) is 9.97 Å². The van der Waals surface area contributed by atoms with Gasteiger partial charge in [-0.15, -0.1) is 0 Å². The number of aromatic nitrogens is 2. The molecule has 2 rings (SSSR count). The lowest BCUT2D eigenvalue weighted by atomic mass is 10.1. The topological polar surface area (TPSA) is 49.6 Å². The molecule has 1 aromatic heterocycles. The maximum absolute atomic E-state index is 8.66. The van der Waals surface area contributed by atoms with Gasteiger partial charge < -0.3 is 0 Å². The molecule has 0 amide bonds. The molecule has 0 unspecified atom stereocenters. The number of benzene rings is 1. The Labute approximate surface area is 88.1 Å². The first-order valence-electron chi connectivity index (χ1n) is 4.59. The highest BCUT2D eigenvalue weighted by Gasteiger charge is 1.98. The van der Waals surface area contributed by atoms with Gasteiger partial charge in [-0.3, -0.25) is 0 Å². The quantitative estimate of drug-likeness (QED) is 0.701. The van der Waals surface area contributed by atoms with Crippen LogP contribution in [0.15, 0.2) is 36.7 Å². The lowest BCUT2D eigenvalue weighted by Crippen LogP contribution is -1.87. The monoisotopic (exact) mass is 195 g/mol. The second-order valence-electron chi connectivity index (χ2n) is 3.21. The van der Waals surface area contributed by atoms with Gasteiger partial charge >= 0.3 is 0 Å². The van der Waals surface area contributed by atoms with Gasteiger partial charge in [-0.1, -0.05) is 12.1 Å². The Morgan fingerprint density at radius 1 is 1.00 bits per heavy atom. The first-order valence-corrected chi connectivity index (χ1v) is 4.59. The molecule has 0 aliphatic carbocycles. The van der Waals surface area contributed by atoms with Crippen LogP contribution in [-0.4, -0.2) is 9.97 Å². The van der Waals surface area contributed by atoms with E-state index in [4.69, 9.17) is 5.26 Å². The summed E-state index contributed by atoms with van der Waals surface area (Å²) in [5.74, 6) is 0.757. The van der Waals surface area contributed by atoms with Gasteiger partial charge in [-0.2, -0.15) is 5.26 Å². The van der Waals surface area contributed by atoms with E-state index in [0.29, 0.717) is 5.56 Å². The van der Waals surface area contributed by atoms with Crippen molar-refractivity contribution in [3.8, 4) is 17.2 Å². The van der Waals surface area contributed by atoms with Gasteiger partial charge in [-0.05, 0) is 24.6 Å². The molecule has 0 spiro atoms. The van der Waals surface area contributed by atoms with Crippen LogP contribution in [0, 0.1) is 18.3 Å². The van der Waals surface area contributed by atoms with Crippen LogP contribution >= 0.6 is 0 Å². The summed E-state index contributed by atoms with van der Waals surface area (Å²) in [6, 6.07) is 9.45. The van der Waals surface area contributed by atoms with Crippen LogP contribution in [-0.2, 0) is 0 Å². The van der Waals surface area contributed by atoms with Crippen molar-refractivity contribution in [2.45, 2.75) is 6.92 Å². The Hall–Kier alpha value is -2.21. The Bertz CT molecular complexity index is 492. The van der Waals surface area contributed by atoms with Crippen LogP contribution in [0.3, 0.4) is 0 Å². The zero-order valence-electron chi connectivity index (χ0n) is 8.31. The van der Waals surface area contributed by atoms with E-state index in [0.717, 1.165) is 17.0 Å². The molecule has 15 heavy (non-hydrogen) atoms. The third-order valence-electron chi connectivity index (χ3n) is 2.13. The fourth-order valence-corrected chi connectivity index (χ4v) is 1.28. The molecular weight excluding hydrogens is 186 g/mol. The highest BCUT2D eigenvalue weighted by Crippen LogP contribution is 2.17. The van der Waals surface area contributed by atoms with Gasteiger partial charge in [0, 0.05) is 18.0 Å². The van der Waals surface area contributed by atoms with Crippen molar-refractivity contribution < 1.29 is 0 Å². The van der Waals surface area contributed by atoms with Crippen molar-refractivity contribution in [2.24, 2.45) is 0 Å². The highest BCUT2D eigenvalue weighted by atomic mass is 14.8. The average molecular weight is 195 g/mol. The molecule has 0 bridgehead atoms. The van der Waals surface area contributed by atoms with Gasteiger partial charge in [0.25, 0.3) is 0 Å². The molecule has 0 aliphatic rings. The Morgan fingerprint density at radius 3 is 2.13 bits per heavy atom. The van der Waals surface area contributed by atoms with Crippen LogP contribution in [0.1, 0.15) is 11.4 Å². The van der Waals surface area contributed by atoms with Gasteiger partial charge in [0.05, 0.1) is 11.6 Å². The lowest BCUT2D eigenvalue weighted by Gasteiger charge is -2.00. The molecule has 0 saturated carbocycles. The lowest BCUT2D eigenvalue weighted by molar-refractivity contribution is 1.06. The fourth-order valence-electron chi connectivity index (χ4n) is 1.28. The molecule has 0 aliphatic heterocycles. The SMILES string of the molecule is Cc1ncc(-c2ccc(C#N)cc2)cn1. The number of hydrogen-bond donors (Lipinski definition) is 0. The molecule has 3 heteroatoms. The second-order valence-corrected chi connectivity index (χ2v) is 3.21. The summed E-state index contributed by atoms with van der Waals surface area (Å²) in [7, 11) is 0. The van der Waals surface area contributed by atoms with E-state index in [1.807, 2.05) is 19.1 Å². The van der Waals surface area contributed by atoms with E-state index in [9.17, 15) is 0 Å². The van der Waals surface area contributed by atoms with Crippen molar-refractivity contribution in [2.75, 3.05) is 0 Å². The smallest absolute Gasteiger partial charge is 0.125 e. The summed E-state index contributed by atoms with van der Waals surface area (Å²) >= 11 is 0. The van der Waals surface area contributed by atoms with Crippen molar-refractivity contribution in [3.63, 3.8) is 0 Å². The minimum absolute atomic E-state index is 0.659. The third kappa shape index (κ3) is 2.00. The third-order valence-corrected chi connectivity index (χ3v) is 2.13. The van der Waals surface area contributed by atoms with Crippen LogP contribution in [0.4, 0.5) is 0 Å². The number of nitriles is 1. The maximum Gasteiger partial charge on any atom is 0.125 e. The molecule has 0 N–H and O–H groups in total. The maximum atomic E-state index is 8.66. The van der Waals surface area contributed by atoms with Gasteiger partial charge in [0.2, 0.25) is 0 Å². The van der Waals surface area contributed by atoms with Gasteiger partial charge in [0.15, 0.2) is 0 Å². The van der Waals surface area contributed by atoms with Crippen LogP contribution in [0.25, 0.3) is 11.1 Å². The van der Waals surface area contributed by atoms with E-state index < -0.39 is 0 Å². The summed E-state index contributed by atoms with van der Waals surface area (Å²) in [5.41, 5.74) is 2.64. The van der Waals surface area contributed by atoms with E-state index in [1.54, 1.807) is 24.5 Å². The van der Waals surface area contributed by atoms with E-state index in [1.165, 1.54) is 0 Å². The van der Waals surface area contributed by atoms with E-state index in [-0.39, 0.29) is 0 Å². The molecule has 0 saturated heterocycles. The first-order chi connectivity index (χ1) is 7.29. The molecule has 0 radical (unpaired) electrons. The average Bonchev–Trinajstić information content (AvgIpc) is 2.30. The zero-order valence-corrected chi connectivity index (χ0v) is 8.31. The predicted octanol–water partition coefficient (Wildman–Crippen LogP) is 2.32. The first kappa shape index (κ1) is 9.35. The van der Waals surface area contributed by atoms with Crippen molar-refractivity contribution in [1.29, 1.82) is 5.26 Å². The van der Waals surface area contributed by atoms with Crippen LogP contribution < -0.4 is 0 Å². The molecule has 1 heterocycles. The van der Waals surface area contributed by atoms with E-state index in [2.05, 4.69) is 16.0 Å². The summed E-state index contributed by atoms with van der Waals surface area (Å²) < 4.78 is 0. The minimum Gasteiger partial charge on any atom is -0.241 e. The Kier molecular flexibility index (Phi) is 2.42. The van der Waals surface area contributed by atoms with Crippen LogP contribution in [0.5, 0.6) is 0 Å². The largest absolute Gasteiger partial charge is 0.241 e. The van der Waals surface area contributed by atoms with Crippen LogP contribution in [0.2, 0.25) is 0 Å². The van der Waals surface area contributed by atoms with Gasteiger partial charge in [0.1, 0.15) is 5.82 Å². The summed E-state index contributed by atoms with van der Waals surface area (Å²) in [5, 5.41) is 8.66. The van der Waals surface area contributed by atoms with Crippen molar-refractivity contribution >= 4 is 0 Å². The number of aryl methyl sites for hydroxylation is 1. The summed E-state index contributed by atoms with van der Waals surface area (Å²) in [6.45, 7) is 1.85. The van der Waals surface area contributed by atoms with E-state index >= 15 is 0 Å². The highest BCUT2D eigenvalue weighted by molar-refractivity contribution is 5.62. The molecule has 0 fully saturated rings. The molecule has 3 nitrogen and oxygen atoms in total. The Balaban J connectivity index is 2.38. The second kappa shape index (κ2) is 3.89.